The van der Waals surface area contributed by atoms with Crippen LogP contribution in [-0.4, -0.2) is 84.7 Å². The van der Waals surface area contributed by atoms with Gasteiger partial charge in [0.15, 0.2) is 0 Å². The van der Waals surface area contributed by atoms with Crippen LogP contribution >= 0.6 is 0 Å². The number of pyridine rings is 2. The number of carbonyl (C=O) groups excluding carboxylic acids is 1. The molecule has 186 valence electrons. The predicted octanol–water partition coefficient (Wildman–Crippen LogP) is 2.34. The molecule has 0 aromatic carbocycles. The predicted molar refractivity (Wildman–Crippen MR) is 134 cm³/mol. The Kier molecular flexibility index (Phi) is 5.71. The molecule has 11 heteroatoms. The summed E-state index contributed by atoms with van der Waals surface area (Å²) >= 11 is 0. The number of fused-ring (bicyclic) bond motifs is 1. The Labute approximate surface area is 205 Å². The van der Waals surface area contributed by atoms with E-state index >= 15 is 0 Å². The Balaban J connectivity index is 1.57. The van der Waals surface area contributed by atoms with Crippen molar-refractivity contribution in [2.75, 3.05) is 45.2 Å². The van der Waals surface area contributed by atoms with Gasteiger partial charge < -0.3 is 14.7 Å². The van der Waals surface area contributed by atoms with Crippen molar-refractivity contribution in [3.05, 3.63) is 42.4 Å². The average Bonchev–Trinajstić information content (AvgIpc) is 3.38. The molecule has 35 heavy (non-hydrogen) atoms. The molecule has 4 heterocycles. The highest BCUT2D eigenvalue weighted by atomic mass is 32.2. The summed E-state index contributed by atoms with van der Waals surface area (Å²) < 4.78 is 31.4. The summed E-state index contributed by atoms with van der Waals surface area (Å²) in [5.74, 6) is 0.687. The first kappa shape index (κ1) is 23.6. The summed E-state index contributed by atoms with van der Waals surface area (Å²) in [6.07, 6.45) is 5.19. The van der Waals surface area contributed by atoms with Gasteiger partial charge in [-0.05, 0) is 38.8 Å². The highest BCUT2D eigenvalue weighted by Gasteiger charge is 2.41. The molecule has 0 atom stereocenters. The zero-order valence-electron chi connectivity index (χ0n) is 20.5. The molecule has 1 aliphatic carbocycles. The fourth-order valence-electron chi connectivity index (χ4n) is 4.36. The molecule has 0 radical (unpaired) electrons. The molecule has 2 fully saturated rings. The topological polar surface area (TPSA) is 103 Å². The van der Waals surface area contributed by atoms with Gasteiger partial charge in [0.05, 0.1) is 16.6 Å². The number of anilines is 1. The van der Waals surface area contributed by atoms with E-state index in [1.54, 1.807) is 52.9 Å². The quantitative estimate of drug-likeness (QED) is 0.580. The molecule has 10 nitrogen and oxygen atoms in total. The molecule has 0 unspecified atom stereocenters. The van der Waals surface area contributed by atoms with Crippen molar-refractivity contribution in [3.8, 4) is 11.1 Å². The van der Waals surface area contributed by atoms with Gasteiger partial charge in [-0.1, -0.05) is 6.07 Å². The first-order valence-corrected chi connectivity index (χ1v) is 13.2. The summed E-state index contributed by atoms with van der Waals surface area (Å²) in [4.78, 5) is 22.5. The molecule has 3 aromatic rings. The Hall–Kier alpha value is -3.18. The summed E-state index contributed by atoms with van der Waals surface area (Å²) in [5.41, 5.74) is 2.90. The van der Waals surface area contributed by atoms with E-state index in [9.17, 15) is 13.2 Å². The third-order valence-electron chi connectivity index (χ3n) is 6.74. The number of hydrogen-bond donors (Lipinski definition) is 1. The third-order valence-corrected chi connectivity index (χ3v) is 8.36. The van der Waals surface area contributed by atoms with Crippen molar-refractivity contribution < 1.29 is 13.2 Å². The summed E-state index contributed by atoms with van der Waals surface area (Å²) in [5, 5.41) is 4.63. The van der Waals surface area contributed by atoms with Crippen molar-refractivity contribution in [2.45, 2.75) is 37.1 Å². The fourth-order valence-corrected chi connectivity index (χ4v) is 5.85. The maximum atomic E-state index is 13.4. The summed E-state index contributed by atoms with van der Waals surface area (Å²) in [6, 6.07) is 7.24. The number of aryl methyl sites for hydroxylation is 1. The lowest BCUT2D eigenvalue weighted by molar-refractivity contribution is 0.168. The van der Waals surface area contributed by atoms with Crippen molar-refractivity contribution >= 4 is 27.4 Å². The van der Waals surface area contributed by atoms with Crippen molar-refractivity contribution in [2.24, 2.45) is 0 Å². The number of urea groups is 1. The number of amides is 2. The largest absolute Gasteiger partial charge is 0.353 e. The van der Waals surface area contributed by atoms with E-state index in [0.717, 1.165) is 29.7 Å². The van der Waals surface area contributed by atoms with Crippen LogP contribution in [0.3, 0.4) is 0 Å². The number of carbonyl (C=O) groups is 1. The van der Waals surface area contributed by atoms with Crippen LogP contribution in [0.25, 0.3) is 16.6 Å². The lowest BCUT2D eigenvalue weighted by atomic mass is 10.1. The third kappa shape index (κ3) is 4.57. The SMILES string of the molecule is Cc1ccc(-c2cnn3c(N4CCN(C(=O)N(C)C)CC4)cc(S(=O)(=O)NC4(C)CC4)cc23)cn1. The molecule has 0 spiro atoms. The highest BCUT2D eigenvalue weighted by Crippen LogP contribution is 2.37. The number of hydrogen-bond acceptors (Lipinski definition) is 6. The first-order chi connectivity index (χ1) is 16.6. The van der Waals surface area contributed by atoms with Crippen molar-refractivity contribution in [1.82, 2.24) is 29.1 Å². The monoisotopic (exact) mass is 497 g/mol. The van der Waals surface area contributed by atoms with Crippen LogP contribution in [0.1, 0.15) is 25.5 Å². The van der Waals surface area contributed by atoms with Gasteiger partial charge >= 0.3 is 6.03 Å². The minimum atomic E-state index is -3.73. The minimum absolute atomic E-state index is 0.0266. The zero-order valence-corrected chi connectivity index (χ0v) is 21.3. The number of nitrogens with one attached hydrogen (secondary N) is 1. The molecule has 1 saturated carbocycles. The number of rotatable bonds is 5. The lowest BCUT2D eigenvalue weighted by Crippen LogP contribution is -2.52. The van der Waals surface area contributed by atoms with Crippen LogP contribution in [0, 0.1) is 6.92 Å². The zero-order chi connectivity index (χ0) is 25.0. The summed E-state index contributed by atoms with van der Waals surface area (Å²) in [6.45, 7) is 6.08. The molecule has 1 N–H and O–H groups in total. The van der Waals surface area contributed by atoms with E-state index in [-0.39, 0.29) is 16.5 Å². The Bertz CT molecular complexity index is 1370. The number of piperazine rings is 1. The van der Waals surface area contributed by atoms with Crippen LogP contribution in [0.15, 0.2) is 41.6 Å². The lowest BCUT2D eigenvalue weighted by Gasteiger charge is -2.37. The second-order valence-corrected chi connectivity index (χ2v) is 11.6. The molecule has 2 aliphatic rings. The minimum Gasteiger partial charge on any atom is -0.353 e. The Morgan fingerprint density at radius 1 is 1.09 bits per heavy atom. The van der Waals surface area contributed by atoms with E-state index < -0.39 is 10.0 Å². The van der Waals surface area contributed by atoms with Crippen LogP contribution in [0.4, 0.5) is 10.6 Å². The van der Waals surface area contributed by atoms with Gasteiger partial charge in [0.1, 0.15) is 5.82 Å². The molecule has 5 rings (SSSR count). The molecular weight excluding hydrogens is 466 g/mol. The van der Waals surface area contributed by atoms with Gasteiger partial charge in [0, 0.05) is 74.9 Å². The second-order valence-electron chi connectivity index (χ2n) is 9.91. The van der Waals surface area contributed by atoms with Crippen LogP contribution in [0.2, 0.25) is 0 Å². The molecule has 1 saturated heterocycles. The smallest absolute Gasteiger partial charge is 0.319 e. The maximum absolute atomic E-state index is 13.4. The van der Waals surface area contributed by atoms with Gasteiger partial charge in [0.25, 0.3) is 0 Å². The molecule has 0 bridgehead atoms. The first-order valence-electron chi connectivity index (χ1n) is 11.8. The average molecular weight is 498 g/mol. The van der Waals surface area contributed by atoms with Crippen molar-refractivity contribution in [3.63, 3.8) is 0 Å². The van der Waals surface area contributed by atoms with E-state index in [2.05, 4.69) is 19.7 Å². The molecule has 1 aliphatic heterocycles. The van der Waals surface area contributed by atoms with E-state index in [1.165, 1.54) is 0 Å². The molecule has 3 aromatic heterocycles. The summed E-state index contributed by atoms with van der Waals surface area (Å²) in [7, 11) is -0.249. The van der Waals surface area contributed by atoms with Gasteiger partial charge in [0.2, 0.25) is 10.0 Å². The molecular formula is C24H31N7O3S. The van der Waals surface area contributed by atoms with Crippen LogP contribution in [0.5, 0.6) is 0 Å². The second kappa shape index (κ2) is 8.49. The number of sulfonamides is 1. The maximum Gasteiger partial charge on any atom is 0.319 e. The van der Waals surface area contributed by atoms with Crippen LogP contribution in [-0.2, 0) is 10.0 Å². The Morgan fingerprint density at radius 2 is 1.80 bits per heavy atom. The number of nitrogens with zero attached hydrogens (tertiary/aromatic N) is 6. The number of aromatic nitrogens is 3. The van der Waals surface area contributed by atoms with Gasteiger partial charge in [-0.15, -0.1) is 0 Å². The van der Waals surface area contributed by atoms with Crippen molar-refractivity contribution in [1.29, 1.82) is 0 Å². The van der Waals surface area contributed by atoms with E-state index in [1.807, 2.05) is 26.0 Å². The van der Waals surface area contributed by atoms with E-state index in [0.29, 0.717) is 37.5 Å². The van der Waals surface area contributed by atoms with Gasteiger partial charge in [-0.25, -0.2) is 22.4 Å². The normalized spacial score (nSPS) is 17.6. The van der Waals surface area contributed by atoms with Gasteiger partial charge in [-0.3, -0.25) is 4.98 Å². The Morgan fingerprint density at radius 3 is 2.40 bits per heavy atom. The highest BCUT2D eigenvalue weighted by molar-refractivity contribution is 7.89. The van der Waals surface area contributed by atoms with Crippen LogP contribution < -0.4 is 9.62 Å². The van der Waals surface area contributed by atoms with Gasteiger partial charge in [-0.2, -0.15) is 5.10 Å². The fraction of sp³-hybridized carbons (Fsp3) is 0.458. The standard InChI is InChI=1S/C24H31N7O3S/c1-17-5-6-18(15-25-17)20-16-26-31-21(20)13-19(35(33,34)27-24(2)7-8-24)14-22(31)29-9-11-30(12-10-29)23(32)28(3)4/h5-6,13-16,27H,7-12H2,1-4H3. The van der Waals surface area contributed by atoms with E-state index in [4.69, 9.17) is 0 Å². The molecule has 2 amide bonds.